The van der Waals surface area contributed by atoms with E-state index in [1.165, 1.54) is 12.1 Å². The quantitative estimate of drug-likeness (QED) is 0.156. The lowest BCUT2D eigenvalue weighted by atomic mass is 10.1. The lowest BCUT2D eigenvalue weighted by molar-refractivity contribution is 0.407. The van der Waals surface area contributed by atoms with Crippen LogP contribution < -0.4 is 20.1 Å². The molecular formula is C25H27FIN5O2. The number of pyridine rings is 1. The van der Waals surface area contributed by atoms with Crippen LogP contribution in [0.3, 0.4) is 0 Å². The molecule has 0 saturated heterocycles. The summed E-state index contributed by atoms with van der Waals surface area (Å²) >= 11 is 0. The van der Waals surface area contributed by atoms with E-state index in [1.807, 2.05) is 36.5 Å². The average molecular weight is 575 g/mol. The molecule has 0 amide bonds. The molecule has 0 fully saturated rings. The molecular weight excluding hydrogens is 548 g/mol. The monoisotopic (exact) mass is 575 g/mol. The third-order valence-corrected chi connectivity index (χ3v) is 5.16. The number of methoxy groups -OCH3 is 1. The number of nitrogens with zero attached hydrogens (tertiary/aromatic N) is 2. The van der Waals surface area contributed by atoms with Crippen molar-refractivity contribution in [3.05, 3.63) is 83.9 Å². The fraction of sp³-hybridized carbons (Fsp3) is 0.200. The first kappa shape index (κ1) is 25.3. The maximum Gasteiger partial charge on any atom is 0.219 e. The molecule has 7 nitrogen and oxygen atoms in total. The smallest absolute Gasteiger partial charge is 0.219 e. The van der Waals surface area contributed by atoms with Gasteiger partial charge >= 0.3 is 0 Å². The zero-order valence-corrected chi connectivity index (χ0v) is 21.3. The standard InChI is InChI=1S/C25H26FN5O2.HI/c1-27-25(28-11-10-18-16-29-23-12-19(26)7-8-22(18)23)31-15-17-6-9-24(30-14-17)33-21-5-3-4-20(13-21)32-2;/h3-9,12-14,16,29H,10-11,15H2,1-2H3,(H2,27,28,31);1H. The van der Waals surface area contributed by atoms with E-state index in [1.54, 1.807) is 32.5 Å². The number of rotatable bonds is 8. The average Bonchev–Trinajstić information content (AvgIpc) is 3.24. The Hall–Kier alpha value is -3.34. The first-order valence-electron chi connectivity index (χ1n) is 10.6. The summed E-state index contributed by atoms with van der Waals surface area (Å²) in [6.45, 7) is 1.26. The lowest BCUT2D eigenvalue weighted by Crippen LogP contribution is -2.37. The van der Waals surface area contributed by atoms with E-state index >= 15 is 0 Å². The Balaban J connectivity index is 0.00000324. The molecule has 0 radical (unpaired) electrons. The summed E-state index contributed by atoms with van der Waals surface area (Å²) in [5, 5.41) is 7.61. The molecule has 0 aliphatic carbocycles. The third-order valence-electron chi connectivity index (χ3n) is 5.16. The highest BCUT2D eigenvalue weighted by molar-refractivity contribution is 14.0. The van der Waals surface area contributed by atoms with Crippen molar-refractivity contribution in [3.63, 3.8) is 0 Å². The summed E-state index contributed by atoms with van der Waals surface area (Å²) in [7, 11) is 3.35. The number of nitrogens with one attached hydrogen (secondary N) is 3. The van der Waals surface area contributed by atoms with Gasteiger partial charge < -0.3 is 25.1 Å². The maximum atomic E-state index is 13.4. The molecule has 3 N–H and O–H groups in total. The fourth-order valence-corrected chi connectivity index (χ4v) is 3.45. The number of aromatic nitrogens is 2. The Bertz CT molecular complexity index is 1240. The normalized spacial score (nSPS) is 11.1. The van der Waals surface area contributed by atoms with E-state index in [4.69, 9.17) is 9.47 Å². The van der Waals surface area contributed by atoms with Crippen LogP contribution in [0.15, 0.2) is 72.0 Å². The second-order valence-corrected chi connectivity index (χ2v) is 7.39. The van der Waals surface area contributed by atoms with Crippen LogP contribution >= 0.6 is 24.0 Å². The van der Waals surface area contributed by atoms with Crippen LogP contribution in [0.2, 0.25) is 0 Å². The van der Waals surface area contributed by atoms with Gasteiger partial charge in [-0.2, -0.15) is 0 Å². The molecule has 0 saturated carbocycles. The molecule has 0 bridgehead atoms. The molecule has 0 spiro atoms. The Labute approximate surface area is 214 Å². The molecule has 0 aliphatic rings. The highest BCUT2D eigenvalue weighted by Crippen LogP contribution is 2.24. The molecule has 4 aromatic rings. The van der Waals surface area contributed by atoms with Crippen molar-refractivity contribution < 1.29 is 13.9 Å². The van der Waals surface area contributed by atoms with Crippen molar-refractivity contribution in [3.8, 4) is 17.4 Å². The summed E-state index contributed by atoms with van der Waals surface area (Å²) in [5.41, 5.74) is 2.93. The van der Waals surface area contributed by atoms with Crippen molar-refractivity contribution in [2.75, 3.05) is 20.7 Å². The Morgan fingerprint density at radius 1 is 1.09 bits per heavy atom. The van der Waals surface area contributed by atoms with Crippen molar-refractivity contribution in [2.45, 2.75) is 13.0 Å². The maximum absolute atomic E-state index is 13.4. The first-order valence-corrected chi connectivity index (χ1v) is 10.6. The van der Waals surface area contributed by atoms with E-state index in [0.29, 0.717) is 30.7 Å². The van der Waals surface area contributed by atoms with E-state index < -0.39 is 0 Å². The highest BCUT2D eigenvalue weighted by Gasteiger charge is 2.06. The summed E-state index contributed by atoms with van der Waals surface area (Å²) in [6.07, 6.45) is 4.47. The van der Waals surface area contributed by atoms with Crippen LogP contribution in [-0.4, -0.2) is 36.6 Å². The van der Waals surface area contributed by atoms with E-state index in [-0.39, 0.29) is 29.8 Å². The zero-order valence-electron chi connectivity index (χ0n) is 19.0. The summed E-state index contributed by atoms with van der Waals surface area (Å²) in [4.78, 5) is 11.8. The first-order chi connectivity index (χ1) is 16.1. The lowest BCUT2D eigenvalue weighted by Gasteiger charge is -2.12. The largest absolute Gasteiger partial charge is 0.497 e. The molecule has 0 atom stereocenters. The molecule has 34 heavy (non-hydrogen) atoms. The molecule has 178 valence electrons. The van der Waals surface area contributed by atoms with Crippen LogP contribution in [0.4, 0.5) is 4.39 Å². The van der Waals surface area contributed by atoms with Gasteiger partial charge in [0, 0.05) is 55.6 Å². The number of hydrogen-bond acceptors (Lipinski definition) is 4. The minimum Gasteiger partial charge on any atom is -0.497 e. The third kappa shape index (κ3) is 6.60. The van der Waals surface area contributed by atoms with Gasteiger partial charge in [-0.3, -0.25) is 4.99 Å². The number of fused-ring (bicyclic) bond motifs is 1. The Kier molecular flexibility index (Phi) is 9.08. The molecule has 2 aromatic carbocycles. The van der Waals surface area contributed by atoms with Gasteiger partial charge in [0.05, 0.1) is 7.11 Å². The molecule has 4 rings (SSSR count). The number of halogens is 2. The Morgan fingerprint density at radius 2 is 1.94 bits per heavy atom. The van der Waals surface area contributed by atoms with Crippen molar-refractivity contribution >= 4 is 40.8 Å². The SMILES string of the molecule is CN=C(NCCc1c[nH]c2cc(F)ccc12)NCc1ccc(Oc2cccc(OC)c2)nc1.I. The number of benzene rings is 2. The van der Waals surface area contributed by atoms with Crippen molar-refractivity contribution in [1.29, 1.82) is 0 Å². The van der Waals surface area contributed by atoms with E-state index in [9.17, 15) is 4.39 Å². The van der Waals surface area contributed by atoms with Gasteiger partial charge in [0.15, 0.2) is 5.96 Å². The van der Waals surface area contributed by atoms with Crippen LogP contribution in [0, 0.1) is 5.82 Å². The van der Waals surface area contributed by atoms with Gasteiger partial charge in [0.1, 0.15) is 17.3 Å². The number of guanidine groups is 1. The predicted octanol–water partition coefficient (Wildman–Crippen LogP) is 5.03. The second-order valence-electron chi connectivity index (χ2n) is 7.39. The number of aromatic amines is 1. The van der Waals surface area contributed by atoms with Gasteiger partial charge in [-0.05, 0) is 47.9 Å². The topological polar surface area (TPSA) is 83.6 Å². The van der Waals surface area contributed by atoms with E-state index in [2.05, 4.69) is 25.6 Å². The summed E-state index contributed by atoms with van der Waals surface area (Å²) in [6, 6.07) is 16.0. The van der Waals surface area contributed by atoms with Crippen molar-refractivity contribution in [2.24, 2.45) is 4.99 Å². The van der Waals surface area contributed by atoms with Gasteiger partial charge in [-0.15, -0.1) is 24.0 Å². The van der Waals surface area contributed by atoms with Gasteiger partial charge in [-0.1, -0.05) is 12.1 Å². The van der Waals surface area contributed by atoms with Crippen LogP contribution in [0.5, 0.6) is 17.4 Å². The Morgan fingerprint density at radius 3 is 2.71 bits per heavy atom. The number of ether oxygens (including phenoxy) is 2. The highest BCUT2D eigenvalue weighted by atomic mass is 127. The summed E-state index contributed by atoms with van der Waals surface area (Å²) < 4.78 is 24.3. The van der Waals surface area contributed by atoms with E-state index in [0.717, 1.165) is 34.2 Å². The molecule has 2 aromatic heterocycles. The number of aliphatic imine (C=N–C) groups is 1. The van der Waals surface area contributed by atoms with Gasteiger partial charge in [0.2, 0.25) is 5.88 Å². The minimum atomic E-state index is -0.243. The minimum absolute atomic E-state index is 0. The molecule has 2 heterocycles. The van der Waals surface area contributed by atoms with Crippen LogP contribution in [-0.2, 0) is 13.0 Å². The summed E-state index contributed by atoms with van der Waals surface area (Å²) in [5.74, 6) is 2.35. The molecule has 0 unspecified atom stereocenters. The van der Waals surface area contributed by atoms with Gasteiger partial charge in [0.25, 0.3) is 0 Å². The predicted molar refractivity (Wildman–Crippen MR) is 143 cm³/mol. The molecule has 9 heteroatoms. The fourth-order valence-electron chi connectivity index (χ4n) is 3.45. The van der Waals surface area contributed by atoms with Gasteiger partial charge in [-0.25, -0.2) is 9.37 Å². The zero-order chi connectivity index (χ0) is 23.0. The van der Waals surface area contributed by atoms with Crippen LogP contribution in [0.25, 0.3) is 10.9 Å². The second kappa shape index (κ2) is 12.2. The van der Waals surface area contributed by atoms with Crippen molar-refractivity contribution in [1.82, 2.24) is 20.6 Å². The van der Waals surface area contributed by atoms with Crippen LogP contribution in [0.1, 0.15) is 11.1 Å². The molecule has 0 aliphatic heterocycles. The number of H-pyrrole nitrogens is 1. The number of hydrogen-bond donors (Lipinski definition) is 3.